The van der Waals surface area contributed by atoms with Crippen molar-refractivity contribution in [2.45, 2.75) is 38.3 Å². The molecule has 2 aromatic heterocycles. The Bertz CT molecular complexity index is 1810. The Morgan fingerprint density at radius 2 is 1.76 bits per heavy atom. The van der Waals surface area contributed by atoms with Crippen molar-refractivity contribution in [3.63, 3.8) is 0 Å². The number of carbonyl (C=O) groups excluding carboxylic acids is 1. The third-order valence-corrected chi connectivity index (χ3v) is 8.40. The van der Waals surface area contributed by atoms with Gasteiger partial charge in [-0.15, -0.1) is 0 Å². The van der Waals surface area contributed by atoms with E-state index in [1.54, 1.807) is 43.3 Å². The first-order valence-electron chi connectivity index (χ1n) is 13.3. The van der Waals surface area contributed by atoms with E-state index in [-0.39, 0.29) is 23.9 Å². The number of aromatic nitrogens is 2. The largest absolute Gasteiger partial charge is 0.487 e. The maximum absolute atomic E-state index is 13.7. The molecule has 0 aliphatic heterocycles. The van der Waals surface area contributed by atoms with Gasteiger partial charge in [0.05, 0.1) is 23.6 Å². The van der Waals surface area contributed by atoms with Gasteiger partial charge in [0.25, 0.3) is 10.0 Å². The predicted molar refractivity (Wildman–Crippen MR) is 158 cm³/mol. The fourth-order valence-corrected chi connectivity index (χ4v) is 5.94. The van der Waals surface area contributed by atoms with Crippen molar-refractivity contribution in [1.82, 2.24) is 8.96 Å². The lowest BCUT2D eigenvalue weighted by molar-refractivity contribution is -0.142. The van der Waals surface area contributed by atoms with Crippen LogP contribution in [-0.2, 0) is 39.1 Å². The number of hydrogen-bond acceptors (Lipinski definition) is 7. The van der Waals surface area contributed by atoms with Gasteiger partial charge in [-0.2, -0.15) is 0 Å². The molecule has 3 aromatic carbocycles. The van der Waals surface area contributed by atoms with Gasteiger partial charge in [0.1, 0.15) is 12.4 Å². The molecule has 5 aromatic rings. The standard InChI is InChI=1S/C32H31N3O5S/c1-3-39-31(36)18-25-8-4-5-10-30(25)40-21-26-19-29(24-9-6-7-23(17-24)20-33)28-15-16-35(32(28)34-26)41(37,38)27-13-11-22(2)12-14-27/h4-17,19H,3,18,20-21,33H2,1-2H3. The number of benzene rings is 3. The second kappa shape index (κ2) is 12.0. The number of para-hydroxylation sites is 1. The Morgan fingerprint density at radius 1 is 0.976 bits per heavy atom. The number of esters is 1. The van der Waals surface area contributed by atoms with Crippen molar-refractivity contribution in [2.75, 3.05) is 6.61 Å². The second-order valence-corrected chi connectivity index (χ2v) is 11.4. The van der Waals surface area contributed by atoms with Crippen LogP contribution in [0.25, 0.3) is 22.2 Å². The molecular weight excluding hydrogens is 538 g/mol. The third kappa shape index (κ3) is 6.01. The average Bonchev–Trinajstić information content (AvgIpc) is 3.42. The van der Waals surface area contributed by atoms with Crippen molar-refractivity contribution < 1.29 is 22.7 Å². The first-order valence-corrected chi connectivity index (χ1v) is 14.7. The number of hydrogen-bond donors (Lipinski definition) is 1. The van der Waals surface area contributed by atoms with Gasteiger partial charge in [0.2, 0.25) is 0 Å². The summed E-state index contributed by atoms with van der Waals surface area (Å²) < 4.78 is 39.8. The molecule has 0 spiro atoms. The average molecular weight is 570 g/mol. The summed E-state index contributed by atoms with van der Waals surface area (Å²) in [4.78, 5) is 17.0. The van der Waals surface area contributed by atoms with Crippen molar-refractivity contribution in [1.29, 1.82) is 0 Å². The highest BCUT2D eigenvalue weighted by molar-refractivity contribution is 7.90. The maximum Gasteiger partial charge on any atom is 0.310 e. The lowest BCUT2D eigenvalue weighted by Crippen LogP contribution is -2.13. The third-order valence-electron chi connectivity index (χ3n) is 6.72. The summed E-state index contributed by atoms with van der Waals surface area (Å²) in [7, 11) is -3.92. The van der Waals surface area contributed by atoms with Crippen LogP contribution in [0.2, 0.25) is 0 Å². The van der Waals surface area contributed by atoms with E-state index >= 15 is 0 Å². The number of nitrogens with zero attached hydrogens (tertiary/aromatic N) is 2. The summed E-state index contributed by atoms with van der Waals surface area (Å²) in [6, 6.07) is 25.4. The van der Waals surface area contributed by atoms with Gasteiger partial charge in [0, 0.05) is 23.7 Å². The van der Waals surface area contributed by atoms with Gasteiger partial charge in [-0.1, -0.05) is 54.1 Å². The number of ether oxygens (including phenoxy) is 2. The maximum atomic E-state index is 13.7. The molecule has 210 valence electrons. The number of nitrogens with two attached hydrogens (primary N) is 1. The number of carbonyl (C=O) groups is 1. The first kappa shape index (κ1) is 28.1. The van der Waals surface area contributed by atoms with E-state index in [1.807, 2.05) is 55.5 Å². The van der Waals surface area contributed by atoms with Crippen molar-refractivity contribution in [2.24, 2.45) is 5.73 Å². The van der Waals surface area contributed by atoms with Crippen LogP contribution in [0.3, 0.4) is 0 Å². The summed E-state index contributed by atoms with van der Waals surface area (Å²) in [5.41, 5.74) is 11.0. The minimum absolute atomic E-state index is 0.0507. The van der Waals surface area contributed by atoms with E-state index in [4.69, 9.17) is 20.2 Å². The van der Waals surface area contributed by atoms with E-state index in [1.165, 1.54) is 10.2 Å². The smallest absolute Gasteiger partial charge is 0.310 e. The van der Waals surface area contributed by atoms with Gasteiger partial charge in [-0.25, -0.2) is 17.4 Å². The molecule has 9 heteroatoms. The predicted octanol–water partition coefficient (Wildman–Crippen LogP) is 5.39. The zero-order valence-electron chi connectivity index (χ0n) is 22.9. The zero-order valence-corrected chi connectivity index (χ0v) is 23.7. The van der Waals surface area contributed by atoms with Crippen LogP contribution < -0.4 is 10.5 Å². The molecule has 41 heavy (non-hydrogen) atoms. The van der Waals surface area contributed by atoms with E-state index in [9.17, 15) is 13.2 Å². The molecule has 0 amide bonds. The molecule has 0 aliphatic rings. The van der Waals surface area contributed by atoms with Gasteiger partial charge in [0.15, 0.2) is 5.65 Å². The molecule has 2 heterocycles. The second-order valence-electron chi connectivity index (χ2n) is 9.61. The van der Waals surface area contributed by atoms with Crippen molar-refractivity contribution in [3.8, 4) is 16.9 Å². The monoisotopic (exact) mass is 569 g/mol. The summed E-state index contributed by atoms with van der Waals surface area (Å²) in [5, 5.41) is 0.682. The molecule has 0 atom stereocenters. The highest BCUT2D eigenvalue weighted by atomic mass is 32.2. The highest BCUT2D eigenvalue weighted by Gasteiger charge is 2.22. The van der Waals surface area contributed by atoms with Crippen molar-refractivity contribution >= 4 is 27.0 Å². The van der Waals surface area contributed by atoms with Crippen LogP contribution in [0.4, 0.5) is 0 Å². The lowest BCUT2D eigenvalue weighted by Gasteiger charge is -2.14. The zero-order chi connectivity index (χ0) is 29.0. The van der Waals surface area contributed by atoms with Gasteiger partial charge >= 0.3 is 5.97 Å². The molecule has 0 saturated carbocycles. The van der Waals surface area contributed by atoms with E-state index in [0.717, 1.165) is 22.3 Å². The Morgan fingerprint density at radius 3 is 2.51 bits per heavy atom. The topological polar surface area (TPSA) is 114 Å². The van der Waals surface area contributed by atoms with Crippen LogP contribution in [0.5, 0.6) is 5.75 Å². The molecule has 0 unspecified atom stereocenters. The summed E-state index contributed by atoms with van der Waals surface area (Å²) >= 11 is 0. The molecule has 0 radical (unpaired) electrons. The lowest BCUT2D eigenvalue weighted by atomic mass is 10.0. The van der Waals surface area contributed by atoms with Crippen LogP contribution >= 0.6 is 0 Å². The van der Waals surface area contributed by atoms with Crippen LogP contribution in [0, 0.1) is 6.92 Å². The Hall–Kier alpha value is -4.47. The van der Waals surface area contributed by atoms with Gasteiger partial charge in [-0.05, 0) is 66.9 Å². The van der Waals surface area contributed by atoms with Crippen LogP contribution in [0.15, 0.2) is 96.0 Å². The van der Waals surface area contributed by atoms with Crippen molar-refractivity contribution in [3.05, 3.63) is 114 Å². The quantitative estimate of drug-likeness (QED) is 0.224. The molecule has 0 bridgehead atoms. The molecule has 0 aliphatic carbocycles. The molecular formula is C32H31N3O5S. The van der Waals surface area contributed by atoms with Crippen LogP contribution in [-0.4, -0.2) is 30.0 Å². The normalized spacial score (nSPS) is 11.5. The summed E-state index contributed by atoms with van der Waals surface area (Å²) in [5.74, 6) is 0.182. The Labute approximate surface area is 239 Å². The summed E-state index contributed by atoms with van der Waals surface area (Å²) in [6.07, 6.45) is 1.60. The molecule has 5 rings (SSSR count). The van der Waals surface area contributed by atoms with Gasteiger partial charge in [-0.3, -0.25) is 4.79 Å². The van der Waals surface area contributed by atoms with E-state index in [0.29, 0.717) is 41.2 Å². The molecule has 0 saturated heterocycles. The number of aryl methyl sites for hydroxylation is 1. The molecule has 8 nitrogen and oxygen atoms in total. The number of fused-ring (bicyclic) bond motifs is 1. The Kier molecular flexibility index (Phi) is 8.19. The minimum atomic E-state index is -3.92. The summed E-state index contributed by atoms with van der Waals surface area (Å²) in [6.45, 7) is 4.39. The Balaban J connectivity index is 1.59. The molecule has 0 fully saturated rings. The van der Waals surface area contributed by atoms with E-state index < -0.39 is 10.0 Å². The fourth-order valence-electron chi connectivity index (χ4n) is 4.64. The van der Waals surface area contributed by atoms with E-state index in [2.05, 4.69) is 0 Å². The van der Waals surface area contributed by atoms with Gasteiger partial charge < -0.3 is 15.2 Å². The SMILES string of the molecule is CCOC(=O)Cc1ccccc1OCc1cc(-c2cccc(CN)c2)c2ccn(S(=O)(=O)c3ccc(C)cc3)c2n1. The minimum Gasteiger partial charge on any atom is -0.487 e. The number of pyridine rings is 1. The van der Waals surface area contributed by atoms with Crippen LogP contribution in [0.1, 0.15) is 29.3 Å². The number of rotatable bonds is 10. The highest BCUT2D eigenvalue weighted by Crippen LogP contribution is 2.32. The fraction of sp³-hybridized carbons (Fsp3) is 0.188. The first-order chi connectivity index (χ1) is 19.8. The molecule has 2 N–H and O–H groups in total.